The summed E-state index contributed by atoms with van der Waals surface area (Å²) in [6.45, 7) is -3.10. The molecular formula is C40H36N3O10PS. The Morgan fingerprint density at radius 3 is 2.25 bits per heavy atom. The summed E-state index contributed by atoms with van der Waals surface area (Å²) in [6.07, 6.45) is -2.11. The topological polar surface area (TPSA) is 168 Å². The number of hydrogen-bond donors (Lipinski definition) is 1. The Kier molecular flexibility index (Phi) is 11.0. The van der Waals surface area contributed by atoms with Crippen molar-refractivity contribution in [3.8, 4) is 23.3 Å². The zero-order valence-electron chi connectivity index (χ0n) is 29.8. The molecule has 0 radical (unpaired) electrons. The van der Waals surface area contributed by atoms with Crippen molar-refractivity contribution in [1.82, 2.24) is 9.13 Å². The molecule has 3 heterocycles. The van der Waals surface area contributed by atoms with Crippen LogP contribution >= 0.6 is 18.2 Å². The van der Waals surface area contributed by atoms with Crippen molar-refractivity contribution in [1.29, 1.82) is 5.26 Å². The second kappa shape index (κ2) is 15.8. The number of nitriles is 1. The number of nitrogens with zero attached hydrogens (tertiary/aromatic N) is 3. The van der Waals surface area contributed by atoms with E-state index in [0.29, 0.717) is 44.3 Å². The first-order valence-corrected chi connectivity index (χ1v) is 20.5. The Morgan fingerprint density at radius 2 is 1.62 bits per heavy atom. The largest absolute Gasteiger partial charge is 0.497 e. The molecule has 0 amide bonds. The van der Waals surface area contributed by atoms with Gasteiger partial charge in [-0.1, -0.05) is 66.7 Å². The van der Waals surface area contributed by atoms with Gasteiger partial charge in [0, 0.05) is 47.0 Å². The lowest BCUT2D eigenvalue weighted by Crippen LogP contribution is -2.45. The number of carbonyl (C=O) groups excluding carboxylic acids is 1. The van der Waals surface area contributed by atoms with E-state index in [9.17, 15) is 23.8 Å². The van der Waals surface area contributed by atoms with E-state index in [4.69, 9.17) is 28.7 Å². The SMILES string of the molecule is COc1ccc(C(=O)n2c(=O)c(C)cn([C@H]3C[C@H](OP(=O)(O)SCCC#N)[C@@H](COC4(c5ccccc5)c5ccccc5Oc5ccccc54)O3)c2=O)cc1. The van der Waals surface area contributed by atoms with E-state index in [-0.39, 0.29) is 36.3 Å². The molecule has 1 aromatic heterocycles. The molecule has 282 valence electrons. The third-order valence-corrected chi connectivity index (χ3v) is 12.5. The van der Waals surface area contributed by atoms with Crippen LogP contribution in [0.5, 0.6) is 17.2 Å². The lowest BCUT2D eigenvalue weighted by molar-refractivity contribution is -0.0937. The predicted molar refractivity (Wildman–Crippen MR) is 204 cm³/mol. The maximum absolute atomic E-state index is 14.0. The zero-order valence-corrected chi connectivity index (χ0v) is 31.5. The molecule has 4 aromatic carbocycles. The van der Waals surface area contributed by atoms with Gasteiger partial charge in [-0.25, -0.2) is 9.36 Å². The molecule has 15 heteroatoms. The summed E-state index contributed by atoms with van der Waals surface area (Å²) in [7, 11) is 1.47. The summed E-state index contributed by atoms with van der Waals surface area (Å²) in [6, 6.07) is 32.5. The molecule has 1 saturated heterocycles. The Morgan fingerprint density at radius 1 is 0.982 bits per heavy atom. The van der Waals surface area contributed by atoms with Gasteiger partial charge in [0.15, 0.2) is 5.60 Å². The summed E-state index contributed by atoms with van der Waals surface area (Å²) < 4.78 is 45.9. The van der Waals surface area contributed by atoms with E-state index < -0.39 is 48.0 Å². The number of ether oxygens (including phenoxy) is 4. The van der Waals surface area contributed by atoms with Crippen molar-refractivity contribution in [2.75, 3.05) is 19.5 Å². The fraction of sp³-hybridized carbons (Fsp3) is 0.250. The molecule has 1 N–H and O–H groups in total. The third kappa shape index (κ3) is 7.43. The van der Waals surface area contributed by atoms with E-state index in [0.717, 1.165) is 10.1 Å². The molecule has 0 saturated carbocycles. The number of para-hydroxylation sites is 2. The summed E-state index contributed by atoms with van der Waals surface area (Å²) in [5.74, 6) is 0.823. The van der Waals surface area contributed by atoms with Gasteiger partial charge < -0.3 is 23.8 Å². The fourth-order valence-corrected chi connectivity index (χ4v) is 9.39. The first-order chi connectivity index (χ1) is 26.6. The Hall–Kier alpha value is -5.26. The molecule has 0 bridgehead atoms. The molecule has 0 spiro atoms. The van der Waals surface area contributed by atoms with Gasteiger partial charge in [-0.15, -0.1) is 0 Å². The summed E-state index contributed by atoms with van der Waals surface area (Å²) >= 11 is 0.613. The van der Waals surface area contributed by atoms with Gasteiger partial charge in [-0.2, -0.15) is 9.83 Å². The van der Waals surface area contributed by atoms with Crippen LogP contribution in [-0.4, -0.2) is 51.6 Å². The highest BCUT2D eigenvalue weighted by molar-refractivity contribution is 8.54. The van der Waals surface area contributed by atoms with Crippen molar-refractivity contribution in [2.24, 2.45) is 0 Å². The molecule has 1 unspecified atom stereocenters. The molecule has 0 aliphatic carbocycles. The minimum absolute atomic E-state index is 0.0217. The number of methoxy groups -OCH3 is 1. The van der Waals surface area contributed by atoms with Crippen LogP contribution in [0.2, 0.25) is 0 Å². The Bertz CT molecular complexity index is 2380. The van der Waals surface area contributed by atoms with Crippen LogP contribution in [0.3, 0.4) is 0 Å². The minimum Gasteiger partial charge on any atom is -0.497 e. The number of aromatic nitrogens is 2. The average molecular weight is 782 g/mol. The van der Waals surface area contributed by atoms with Gasteiger partial charge in [0.25, 0.3) is 11.5 Å². The fourth-order valence-electron chi connectivity index (χ4n) is 6.87. The van der Waals surface area contributed by atoms with Crippen molar-refractivity contribution in [3.63, 3.8) is 0 Å². The first kappa shape index (κ1) is 38.0. The van der Waals surface area contributed by atoms with Crippen LogP contribution in [0.15, 0.2) is 119 Å². The highest BCUT2D eigenvalue weighted by atomic mass is 32.7. The third-order valence-electron chi connectivity index (χ3n) is 9.45. The number of carbonyl (C=O) groups is 1. The lowest BCUT2D eigenvalue weighted by Gasteiger charge is -2.41. The van der Waals surface area contributed by atoms with Crippen LogP contribution in [-0.2, 0) is 24.2 Å². The highest BCUT2D eigenvalue weighted by Crippen LogP contribution is 2.59. The summed E-state index contributed by atoms with van der Waals surface area (Å²) in [5.41, 5.74) is -0.647. The first-order valence-electron chi connectivity index (χ1n) is 17.3. The van der Waals surface area contributed by atoms with Crippen LogP contribution in [0.25, 0.3) is 0 Å². The molecule has 7 rings (SSSR count). The van der Waals surface area contributed by atoms with Gasteiger partial charge in [0.2, 0.25) is 0 Å². The van der Waals surface area contributed by atoms with E-state index in [2.05, 4.69) is 0 Å². The average Bonchev–Trinajstić information content (AvgIpc) is 3.59. The van der Waals surface area contributed by atoms with Gasteiger partial charge in [-0.3, -0.25) is 18.7 Å². The molecule has 2 aliphatic heterocycles. The molecule has 2 aliphatic rings. The number of hydrogen-bond acceptors (Lipinski definition) is 11. The van der Waals surface area contributed by atoms with Crippen LogP contribution in [0, 0.1) is 18.3 Å². The van der Waals surface area contributed by atoms with Crippen molar-refractivity contribution in [2.45, 2.75) is 43.8 Å². The van der Waals surface area contributed by atoms with Gasteiger partial charge >= 0.3 is 12.5 Å². The normalized spacial score (nSPS) is 19.3. The van der Waals surface area contributed by atoms with Crippen molar-refractivity contribution < 1.29 is 37.7 Å². The highest BCUT2D eigenvalue weighted by Gasteiger charge is 2.48. The van der Waals surface area contributed by atoms with Crippen molar-refractivity contribution in [3.05, 3.63) is 158 Å². The van der Waals surface area contributed by atoms with Crippen LogP contribution in [0.4, 0.5) is 0 Å². The second-order valence-corrected chi connectivity index (χ2v) is 16.8. The van der Waals surface area contributed by atoms with Gasteiger partial charge in [0.05, 0.1) is 19.8 Å². The lowest BCUT2D eigenvalue weighted by atomic mass is 9.77. The summed E-state index contributed by atoms with van der Waals surface area (Å²) in [4.78, 5) is 51.8. The zero-order chi connectivity index (χ0) is 38.7. The van der Waals surface area contributed by atoms with Crippen molar-refractivity contribution >= 4 is 24.1 Å². The van der Waals surface area contributed by atoms with E-state index in [1.807, 2.05) is 84.9 Å². The standard InChI is InChI=1S/C40H36N3O10PS/c1-26-24-42(39(46)43(37(26)44)38(45)27-17-19-29(49-2)20-18-27)36-23-34(53-54(47,48)55-22-10-21-41)35(52-36)25-50-40(28-11-4-3-5-12-28)30-13-6-8-15-32(30)51-33-16-9-7-14-31(33)40/h3-9,11-20,24,34-36H,10,22-23,25H2,1-2H3,(H,47,48)/t34-,35+,36+/m0/s1. The Balaban J connectivity index is 1.28. The number of rotatable bonds is 12. The number of benzene rings is 4. The van der Waals surface area contributed by atoms with E-state index in [1.165, 1.54) is 32.4 Å². The molecule has 1 fully saturated rings. The molecule has 55 heavy (non-hydrogen) atoms. The van der Waals surface area contributed by atoms with E-state index in [1.54, 1.807) is 12.1 Å². The van der Waals surface area contributed by atoms with Crippen LogP contribution in [0.1, 0.15) is 51.7 Å². The maximum Gasteiger partial charge on any atom is 0.386 e. The smallest absolute Gasteiger partial charge is 0.386 e. The minimum atomic E-state index is -4.36. The Labute approximate surface area is 319 Å². The van der Waals surface area contributed by atoms with Gasteiger partial charge in [0.1, 0.15) is 35.7 Å². The molecule has 4 atom stereocenters. The number of aryl methyl sites for hydroxylation is 1. The molecule has 5 aromatic rings. The second-order valence-electron chi connectivity index (χ2n) is 12.8. The maximum atomic E-state index is 14.0. The molecule has 13 nitrogen and oxygen atoms in total. The molecular weight excluding hydrogens is 745 g/mol. The monoisotopic (exact) mass is 781 g/mol. The van der Waals surface area contributed by atoms with Crippen LogP contribution < -0.4 is 20.7 Å². The van der Waals surface area contributed by atoms with Gasteiger partial charge in [-0.05, 0) is 60.3 Å². The predicted octanol–water partition coefficient (Wildman–Crippen LogP) is 6.55. The van der Waals surface area contributed by atoms with E-state index >= 15 is 0 Å². The summed E-state index contributed by atoms with van der Waals surface area (Å²) in [5, 5.41) is 9.02. The number of fused-ring (bicyclic) bond motifs is 2. The quantitative estimate of drug-likeness (QED) is 0.107.